The van der Waals surface area contributed by atoms with Crippen LogP contribution in [0.15, 0.2) is 48.0 Å². The van der Waals surface area contributed by atoms with Crippen LogP contribution in [0, 0.1) is 6.92 Å². The molecule has 1 unspecified atom stereocenters. The Labute approximate surface area is 187 Å². The highest BCUT2D eigenvalue weighted by Crippen LogP contribution is 2.40. The van der Waals surface area contributed by atoms with Gasteiger partial charge in [0.15, 0.2) is 0 Å². The second kappa shape index (κ2) is 9.98. The number of carbonyl (C=O) groups excluding carboxylic acids is 2. The maximum Gasteiger partial charge on any atom is 0.295 e. The Balaban J connectivity index is 2.10. The van der Waals surface area contributed by atoms with Crippen LogP contribution in [-0.4, -0.2) is 48.6 Å². The summed E-state index contributed by atoms with van der Waals surface area (Å²) in [6.07, 6.45) is 0.570. The number of hydrogen-bond donors (Lipinski definition) is 1. The molecule has 1 atom stereocenters. The molecule has 0 aromatic heterocycles. The first-order valence-electron chi connectivity index (χ1n) is 10.2. The SMILES string of the molecule is CCOc1ccc(C(O)=C2C(=O)C(=O)N(CCCOC)C2c2ccc(C)cc2)cc1Cl. The Morgan fingerprint density at radius 2 is 1.87 bits per heavy atom. The van der Waals surface area contributed by atoms with Gasteiger partial charge in [-0.15, -0.1) is 0 Å². The van der Waals surface area contributed by atoms with E-state index in [4.69, 9.17) is 21.1 Å². The highest BCUT2D eigenvalue weighted by atomic mass is 35.5. The van der Waals surface area contributed by atoms with Gasteiger partial charge in [0, 0.05) is 25.8 Å². The molecule has 2 aromatic rings. The van der Waals surface area contributed by atoms with Crippen LogP contribution in [0.3, 0.4) is 0 Å². The summed E-state index contributed by atoms with van der Waals surface area (Å²) in [5.41, 5.74) is 2.20. The van der Waals surface area contributed by atoms with Crippen LogP contribution in [0.25, 0.3) is 5.76 Å². The topological polar surface area (TPSA) is 76.1 Å². The van der Waals surface area contributed by atoms with Crippen LogP contribution in [0.1, 0.15) is 36.1 Å². The van der Waals surface area contributed by atoms with Gasteiger partial charge in [0.2, 0.25) is 0 Å². The largest absolute Gasteiger partial charge is 0.507 e. The lowest BCUT2D eigenvalue weighted by Crippen LogP contribution is -2.31. The van der Waals surface area contributed by atoms with Crippen LogP contribution in [0.2, 0.25) is 5.02 Å². The van der Waals surface area contributed by atoms with Crippen molar-refractivity contribution in [3.05, 3.63) is 69.8 Å². The molecule has 0 spiro atoms. The van der Waals surface area contributed by atoms with E-state index < -0.39 is 17.7 Å². The number of halogens is 1. The van der Waals surface area contributed by atoms with E-state index in [9.17, 15) is 14.7 Å². The smallest absolute Gasteiger partial charge is 0.295 e. The van der Waals surface area contributed by atoms with Crippen LogP contribution in [0.4, 0.5) is 0 Å². The zero-order chi connectivity index (χ0) is 22.5. The van der Waals surface area contributed by atoms with E-state index in [2.05, 4.69) is 0 Å². The van der Waals surface area contributed by atoms with Crippen molar-refractivity contribution in [3.8, 4) is 5.75 Å². The Bertz CT molecular complexity index is 1000. The quantitative estimate of drug-likeness (QED) is 0.281. The van der Waals surface area contributed by atoms with Crippen molar-refractivity contribution in [2.75, 3.05) is 26.9 Å². The van der Waals surface area contributed by atoms with Gasteiger partial charge in [-0.05, 0) is 44.0 Å². The average Bonchev–Trinajstić information content (AvgIpc) is 3.00. The number of ether oxygens (including phenoxy) is 2. The second-order valence-corrected chi connectivity index (χ2v) is 7.73. The van der Waals surface area contributed by atoms with Crippen molar-refractivity contribution in [3.63, 3.8) is 0 Å². The van der Waals surface area contributed by atoms with Crippen molar-refractivity contribution >= 4 is 29.1 Å². The van der Waals surface area contributed by atoms with Gasteiger partial charge < -0.3 is 19.5 Å². The molecular weight excluding hydrogens is 418 g/mol. The van der Waals surface area contributed by atoms with E-state index in [1.807, 2.05) is 38.1 Å². The molecule has 3 rings (SSSR count). The highest BCUT2D eigenvalue weighted by molar-refractivity contribution is 6.46. The lowest BCUT2D eigenvalue weighted by molar-refractivity contribution is -0.140. The summed E-state index contributed by atoms with van der Waals surface area (Å²) in [5.74, 6) is -1.13. The molecule has 0 bridgehead atoms. The minimum atomic E-state index is -0.717. The Kier molecular flexibility index (Phi) is 7.36. The highest BCUT2D eigenvalue weighted by Gasteiger charge is 2.45. The molecule has 0 radical (unpaired) electrons. The second-order valence-electron chi connectivity index (χ2n) is 7.33. The number of rotatable bonds is 8. The molecule has 1 amide bonds. The average molecular weight is 444 g/mol. The Morgan fingerprint density at radius 3 is 2.48 bits per heavy atom. The molecule has 1 N–H and O–H groups in total. The number of benzene rings is 2. The molecule has 1 heterocycles. The summed E-state index contributed by atoms with van der Waals surface area (Å²) in [4.78, 5) is 27.3. The number of likely N-dealkylation sites (tertiary alicyclic amines) is 1. The number of aliphatic hydroxyl groups is 1. The normalized spacial score (nSPS) is 17.9. The van der Waals surface area contributed by atoms with Gasteiger partial charge in [0.1, 0.15) is 11.5 Å². The molecule has 1 saturated heterocycles. The maximum atomic E-state index is 13.0. The fraction of sp³-hybridized carbons (Fsp3) is 0.333. The third-order valence-corrected chi connectivity index (χ3v) is 5.48. The summed E-state index contributed by atoms with van der Waals surface area (Å²) in [6.45, 7) is 5.04. The number of hydrogen-bond acceptors (Lipinski definition) is 5. The number of Topliss-reactive ketones (excluding diaryl/α,β-unsaturated/α-hetero) is 1. The molecule has 7 heteroatoms. The standard InChI is InChI=1S/C24H26ClNO5/c1-4-31-19-11-10-17(14-18(19)25)22(27)20-21(16-8-6-15(2)7-9-16)26(12-5-13-30-3)24(29)23(20)28/h6-11,14,21,27H,4-5,12-13H2,1-3H3. The monoisotopic (exact) mass is 443 g/mol. The van der Waals surface area contributed by atoms with Crippen LogP contribution in [0.5, 0.6) is 5.75 Å². The third kappa shape index (κ3) is 4.75. The fourth-order valence-electron chi connectivity index (χ4n) is 3.66. The minimum absolute atomic E-state index is 0.0477. The zero-order valence-corrected chi connectivity index (χ0v) is 18.6. The van der Waals surface area contributed by atoms with Crippen LogP contribution in [-0.2, 0) is 14.3 Å². The molecule has 1 fully saturated rings. The first-order chi connectivity index (χ1) is 14.9. The van der Waals surface area contributed by atoms with E-state index in [0.29, 0.717) is 42.5 Å². The van der Waals surface area contributed by atoms with E-state index >= 15 is 0 Å². The first kappa shape index (κ1) is 22.8. The molecule has 6 nitrogen and oxygen atoms in total. The van der Waals surface area contributed by atoms with Crippen molar-refractivity contribution in [1.29, 1.82) is 0 Å². The number of ketones is 1. The van der Waals surface area contributed by atoms with Gasteiger partial charge in [-0.25, -0.2) is 0 Å². The molecule has 0 saturated carbocycles. The lowest BCUT2D eigenvalue weighted by Gasteiger charge is -2.25. The number of nitrogens with zero attached hydrogens (tertiary/aromatic N) is 1. The molecule has 1 aliphatic heterocycles. The van der Waals surface area contributed by atoms with Crippen molar-refractivity contribution in [2.24, 2.45) is 0 Å². The van der Waals surface area contributed by atoms with Crippen LogP contribution < -0.4 is 4.74 Å². The predicted molar refractivity (Wildman–Crippen MR) is 119 cm³/mol. The van der Waals surface area contributed by atoms with Gasteiger partial charge in [0.05, 0.1) is 23.2 Å². The predicted octanol–water partition coefficient (Wildman–Crippen LogP) is 4.51. The maximum absolute atomic E-state index is 13.0. The first-order valence-corrected chi connectivity index (χ1v) is 10.5. The molecular formula is C24H26ClNO5. The molecule has 0 aliphatic carbocycles. The van der Waals surface area contributed by atoms with Gasteiger partial charge in [-0.1, -0.05) is 41.4 Å². The molecule has 1 aliphatic rings. The molecule has 2 aromatic carbocycles. The van der Waals surface area contributed by atoms with Crippen molar-refractivity contribution < 1.29 is 24.2 Å². The van der Waals surface area contributed by atoms with Gasteiger partial charge >= 0.3 is 0 Å². The van der Waals surface area contributed by atoms with E-state index in [0.717, 1.165) is 11.1 Å². The minimum Gasteiger partial charge on any atom is -0.507 e. The van der Waals surface area contributed by atoms with Gasteiger partial charge in [-0.3, -0.25) is 9.59 Å². The van der Waals surface area contributed by atoms with Crippen LogP contribution >= 0.6 is 11.6 Å². The number of amides is 1. The number of carbonyl (C=O) groups is 2. The van der Waals surface area contributed by atoms with E-state index in [1.54, 1.807) is 19.2 Å². The lowest BCUT2D eigenvalue weighted by atomic mass is 9.94. The third-order valence-electron chi connectivity index (χ3n) is 5.19. The zero-order valence-electron chi connectivity index (χ0n) is 17.9. The molecule has 164 valence electrons. The Morgan fingerprint density at radius 1 is 1.16 bits per heavy atom. The summed E-state index contributed by atoms with van der Waals surface area (Å²) in [5, 5.41) is 11.4. The summed E-state index contributed by atoms with van der Waals surface area (Å²) >= 11 is 6.27. The number of methoxy groups -OCH3 is 1. The Hall–Kier alpha value is -2.83. The van der Waals surface area contributed by atoms with Gasteiger partial charge in [-0.2, -0.15) is 0 Å². The summed E-state index contributed by atoms with van der Waals surface area (Å²) < 4.78 is 10.5. The summed E-state index contributed by atoms with van der Waals surface area (Å²) in [6, 6.07) is 11.7. The fourth-order valence-corrected chi connectivity index (χ4v) is 3.90. The van der Waals surface area contributed by atoms with Gasteiger partial charge in [0.25, 0.3) is 11.7 Å². The van der Waals surface area contributed by atoms with E-state index in [-0.39, 0.29) is 11.3 Å². The van der Waals surface area contributed by atoms with Crippen molar-refractivity contribution in [2.45, 2.75) is 26.3 Å². The van der Waals surface area contributed by atoms with Crippen molar-refractivity contribution in [1.82, 2.24) is 4.90 Å². The number of aryl methyl sites for hydroxylation is 1. The van der Waals surface area contributed by atoms with E-state index in [1.165, 1.54) is 11.0 Å². The summed E-state index contributed by atoms with van der Waals surface area (Å²) in [7, 11) is 1.58. The molecule has 31 heavy (non-hydrogen) atoms. The number of aliphatic hydroxyl groups excluding tert-OH is 1.